The van der Waals surface area contributed by atoms with Crippen LogP contribution in [0.2, 0.25) is 0 Å². The number of nitrogen functional groups attached to an aromatic ring is 1. The van der Waals surface area contributed by atoms with Gasteiger partial charge in [-0.2, -0.15) is 0 Å². The smallest absolute Gasteiger partial charge is 0.293 e. The fourth-order valence-electron chi connectivity index (χ4n) is 5.68. The van der Waals surface area contributed by atoms with E-state index in [1.165, 1.54) is 4.57 Å². The van der Waals surface area contributed by atoms with Crippen molar-refractivity contribution in [3.8, 4) is 11.3 Å². The normalized spacial score (nSPS) is 18.1. The molecule has 8 nitrogen and oxygen atoms in total. The number of carbonyl (C=O) groups excluding carboxylic acids is 1. The number of benzene rings is 2. The van der Waals surface area contributed by atoms with E-state index in [1.54, 1.807) is 31.4 Å². The fourth-order valence-corrected chi connectivity index (χ4v) is 5.68. The highest BCUT2D eigenvalue weighted by Crippen LogP contribution is 2.38. The first-order valence-electron chi connectivity index (χ1n) is 14.8. The molecule has 0 saturated heterocycles. The number of aromatic nitrogens is 2. The van der Waals surface area contributed by atoms with Crippen LogP contribution in [0.25, 0.3) is 11.3 Å². The van der Waals surface area contributed by atoms with Crippen LogP contribution in [-0.4, -0.2) is 21.5 Å². The molecule has 1 fully saturated rings. The van der Waals surface area contributed by atoms with Gasteiger partial charge in [-0.15, -0.1) is 0 Å². The number of hydrogen-bond acceptors (Lipinski definition) is 6. The van der Waals surface area contributed by atoms with Crippen LogP contribution >= 0.6 is 0 Å². The Morgan fingerprint density at radius 1 is 1.14 bits per heavy atom. The summed E-state index contributed by atoms with van der Waals surface area (Å²) in [7, 11) is 1.69. The highest BCUT2D eigenvalue weighted by atomic mass is 16.2. The molecule has 2 aliphatic rings. The molecule has 2 atom stereocenters. The van der Waals surface area contributed by atoms with Crippen molar-refractivity contribution in [2.75, 3.05) is 16.4 Å². The van der Waals surface area contributed by atoms with Crippen LogP contribution in [0.3, 0.4) is 0 Å². The third-order valence-electron chi connectivity index (χ3n) is 8.26. The number of amides is 1. The van der Waals surface area contributed by atoms with E-state index >= 15 is 0 Å². The molecule has 2 aliphatic carbocycles. The number of nitrogens with zero attached hydrogens (tertiary/aromatic N) is 2. The van der Waals surface area contributed by atoms with Gasteiger partial charge in [0.05, 0.1) is 16.9 Å². The molecule has 5 N–H and O–H groups in total. The molecule has 224 valence electrons. The average Bonchev–Trinajstić information content (AvgIpc) is 3.76. The molecule has 8 heteroatoms. The SMILES string of the molecule is C=C(Nc1cccc(-c2cn(C)c(=O)c(Nc3ccc(N)cc3C(=O)NC3CC3)n2)c1C)C1=CC(C)C(C(C)(C)C)C=C1. The topological polar surface area (TPSA) is 114 Å². The zero-order valence-corrected chi connectivity index (χ0v) is 25.9. The van der Waals surface area contributed by atoms with Gasteiger partial charge >= 0.3 is 0 Å². The monoisotopic (exact) mass is 578 g/mol. The molecule has 1 aromatic heterocycles. The van der Waals surface area contributed by atoms with Gasteiger partial charge < -0.3 is 26.3 Å². The predicted molar refractivity (Wildman–Crippen MR) is 176 cm³/mol. The van der Waals surface area contributed by atoms with Crippen LogP contribution in [0.15, 0.2) is 83.5 Å². The summed E-state index contributed by atoms with van der Waals surface area (Å²) in [6, 6.07) is 11.1. The van der Waals surface area contributed by atoms with Crippen molar-refractivity contribution >= 4 is 28.8 Å². The molecular weight excluding hydrogens is 536 g/mol. The van der Waals surface area contributed by atoms with Gasteiger partial charge in [0.15, 0.2) is 5.82 Å². The van der Waals surface area contributed by atoms with Gasteiger partial charge in [0, 0.05) is 41.9 Å². The predicted octanol–water partition coefficient (Wildman–Crippen LogP) is 6.69. The molecule has 3 aromatic rings. The summed E-state index contributed by atoms with van der Waals surface area (Å²) < 4.78 is 1.50. The number of nitrogens with two attached hydrogens (primary N) is 1. The molecule has 1 heterocycles. The van der Waals surface area contributed by atoms with Crippen LogP contribution in [0, 0.1) is 24.2 Å². The van der Waals surface area contributed by atoms with Gasteiger partial charge in [-0.05, 0) is 72.4 Å². The van der Waals surface area contributed by atoms with E-state index in [0.29, 0.717) is 34.5 Å². The minimum absolute atomic E-state index is 0.118. The molecule has 1 amide bonds. The van der Waals surface area contributed by atoms with E-state index in [0.717, 1.165) is 40.9 Å². The summed E-state index contributed by atoms with van der Waals surface area (Å²) in [6.45, 7) is 15.4. The van der Waals surface area contributed by atoms with Gasteiger partial charge in [-0.25, -0.2) is 4.98 Å². The Labute approximate surface area is 253 Å². The number of rotatable bonds is 8. The van der Waals surface area contributed by atoms with E-state index in [-0.39, 0.29) is 28.7 Å². The number of nitrogens with one attached hydrogen (secondary N) is 3. The Balaban J connectivity index is 1.42. The van der Waals surface area contributed by atoms with Crippen LogP contribution in [0.1, 0.15) is 56.5 Å². The summed E-state index contributed by atoms with van der Waals surface area (Å²) in [5.41, 5.74) is 12.4. The molecule has 2 aromatic carbocycles. The van der Waals surface area contributed by atoms with Gasteiger partial charge in [0.25, 0.3) is 11.5 Å². The Hall–Kier alpha value is -4.59. The number of allylic oxidation sites excluding steroid dienone is 3. The van der Waals surface area contributed by atoms with Crippen molar-refractivity contribution in [2.45, 2.75) is 53.5 Å². The maximum Gasteiger partial charge on any atom is 0.293 e. The number of hydrogen-bond donors (Lipinski definition) is 4. The lowest BCUT2D eigenvalue weighted by Crippen LogP contribution is -2.27. The molecule has 0 aliphatic heterocycles. The Morgan fingerprint density at radius 2 is 1.88 bits per heavy atom. The second-order valence-corrected chi connectivity index (χ2v) is 12.9. The Kier molecular flexibility index (Phi) is 8.06. The average molecular weight is 579 g/mol. The zero-order chi connectivity index (χ0) is 31.1. The third kappa shape index (κ3) is 6.58. The van der Waals surface area contributed by atoms with E-state index in [2.05, 4.69) is 68.5 Å². The maximum atomic E-state index is 13.2. The van der Waals surface area contributed by atoms with Crippen LogP contribution in [-0.2, 0) is 7.05 Å². The lowest BCUT2D eigenvalue weighted by atomic mass is 9.71. The van der Waals surface area contributed by atoms with Gasteiger partial charge in [0.2, 0.25) is 0 Å². The van der Waals surface area contributed by atoms with Gasteiger partial charge in [-0.3, -0.25) is 9.59 Å². The third-order valence-corrected chi connectivity index (χ3v) is 8.26. The van der Waals surface area contributed by atoms with Crippen LogP contribution < -0.4 is 27.2 Å². The van der Waals surface area contributed by atoms with Crippen LogP contribution in [0.4, 0.5) is 22.9 Å². The minimum atomic E-state index is -0.312. The number of aryl methyl sites for hydroxylation is 1. The van der Waals surface area contributed by atoms with Crippen molar-refractivity contribution in [3.05, 3.63) is 100 Å². The summed E-state index contributed by atoms with van der Waals surface area (Å²) in [5, 5.41) is 9.61. The van der Waals surface area contributed by atoms with Crippen molar-refractivity contribution in [1.82, 2.24) is 14.9 Å². The van der Waals surface area contributed by atoms with Gasteiger partial charge in [0.1, 0.15) is 0 Å². The van der Waals surface area contributed by atoms with E-state index in [4.69, 9.17) is 10.7 Å². The highest BCUT2D eigenvalue weighted by molar-refractivity contribution is 6.01. The Morgan fingerprint density at radius 3 is 2.56 bits per heavy atom. The number of carbonyl (C=O) groups is 1. The van der Waals surface area contributed by atoms with E-state index in [1.807, 2.05) is 25.1 Å². The van der Waals surface area contributed by atoms with Crippen molar-refractivity contribution < 1.29 is 4.79 Å². The maximum absolute atomic E-state index is 13.2. The molecule has 0 radical (unpaired) electrons. The fraction of sp³-hybridized carbons (Fsp3) is 0.343. The minimum Gasteiger partial charge on any atom is -0.399 e. The molecule has 5 rings (SSSR count). The molecule has 1 saturated carbocycles. The van der Waals surface area contributed by atoms with Crippen molar-refractivity contribution in [2.24, 2.45) is 24.3 Å². The molecule has 0 bridgehead atoms. The standard InChI is InChI=1S/C35H42N6O2/c1-20-17-23(11-15-28(20)35(4,5)6)22(3)37-29-10-8-9-26(21(29)2)31-19-41(7)34(43)32(40-31)39-30-16-12-24(36)18-27(30)33(42)38-25-13-14-25/h8-12,15-20,25,28,37H,3,13-14,36H2,1-2,4-7H3,(H,38,42)(H,39,40). The molecule has 43 heavy (non-hydrogen) atoms. The van der Waals surface area contributed by atoms with Gasteiger partial charge in [-0.1, -0.05) is 64.6 Å². The first kappa shape index (κ1) is 29.9. The largest absolute Gasteiger partial charge is 0.399 e. The summed E-state index contributed by atoms with van der Waals surface area (Å²) in [5.74, 6) is 0.747. The number of anilines is 4. The second kappa shape index (κ2) is 11.6. The summed E-state index contributed by atoms with van der Waals surface area (Å²) in [4.78, 5) is 30.8. The molecular formula is C35H42N6O2. The lowest BCUT2D eigenvalue weighted by molar-refractivity contribution is 0.0952. The molecule has 0 spiro atoms. The quantitative estimate of drug-likeness (QED) is 0.221. The summed E-state index contributed by atoms with van der Waals surface area (Å²) in [6.07, 6.45) is 10.4. The van der Waals surface area contributed by atoms with Crippen LogP contribution in [0.5, 0.6) is 0 Å². The van der Waals surface area contributed by atoms with E-state index < -0.39 is 0 Å². The Bertz CT molecular complexity index is 1700. The zero-order valence-electron chi connectivity index (χ0n) is 25.9. The first-order valence-corrected chi connectivity index (χ1v) is 14.8. The van der Waals surface area contributed by atoms with E-state index in [9.17, 15) is 9.59 Å². The molecule has 2 unspecified atom stereocenters. The van der Waals surface area contributed by atoms with Crippen molar-refractivity contribution in [3.63, 3.8) is 0 Å². The van der Waals surface area contributed by atoms with Crippen molar-refractivity contribution in [1.29, 1.82) is 0 Å². The first-order chi connectivity index (χ1) is 20.3. The lowest BCUT2D eigenvalue weighted by Gasteiger charge is -2.34. The highest BCUT2D eigenvalue weighted by Gasteiger charge is 2.29. The summed E-state index contributed by atoms with van der Waals surface area (Å²) >= 11 is 0. The second-order valence-electron chi connectivity index (χ2n) is 12.9.